The van der Waals surface area contributed by atoms with Gasteiger partial charge in [0.25, 0.3) is 0 Å². The molecule has 1 N–H and O–H groups in total. The molecule has 2 rings (SSSR count). The zero-order chi connectivity index (χ0) is 13.0. The Balaban J connectivity index is 1.97. The van der Waals surface area contributed by atoms with E-state index in [1.54, 1.807) is 0 Å². The molecule has 1 aromatic rings. The van der Waals surface area contributed by atoms with Gasteiger partial charge in [0.15, 0.2) is 0 Å². The van der Waals surface area contributed by atoms with E-state index < -0.39 is 5.95 Å². The first kappa shape index (κ1) is 13.2. The smallest absolute Gasteiger partial charge is 0.217 e. The highest BCUT2D eigenvalue weighted by atomic mass is 19.1. The van der Waals surface area contributed by atoms with E-state index in [0.29, 0.717) is 17.2 Å². The molecule has 100 valence electrons. The van der Waals surface area contributed by atoms with Crippen LogP contribution in [0.25, 0.3) is 0 Å². The second-order valence-corrected chi connectivity index (χ2v) is 5.88. The zero-order valence-electron chi connectivity index (χ0n) is 11.2. The number of halogens is 1. The van der Waals surface area contributed by atoms with E-state index in [1.165, 1.54) is 44.5 Å². The lowest BCUT2D eigenvalue weighted by Gasteiger charge is -2.31. The molecule has 1 aliphatic rings. The number of hydrogen-bond acceptors (Lipinski definition) is 3. The van der Waals surface area contributed by atoms with Crippen molar-refractivity contribution in [3.8, 4) is 0 Å². The van der Waals surface area contributed by atoms with Crippen LogP contribution in [0.3, 0.4) is 0 Å². The molecule has 0 spiro atoms. The van der Waals surface area contributed by atoms with E-state index in [4.69, 9.17) is 0 Å². The van der Waals surface area contributed by atoms with Gasteiger partial charge in [-0.3, -0.25) is 0 Å². The highest BCUT2D eigenvalue weighted by Crippen LogP contribution is 2.43. The fourth-order valence-corrected chi connectivity index (χ4v) is 3.15. The monoisotopic (exact) mass is 251 g/mol. The lowest BCUT2D eigenvalue weighted by molar-refractivity contribution is 0.252. The molecule has 0 saturated heterocycles. The molecule has 1 aliphatic carbocycles. The Bertz CT molecular complexity index is 386. The van der Waals surface area contributed by atoms with Crippen molar-refractivity contribution in [3.63, 3.8) is 0 Å². The van der Waals surface area contributed by atoms with Crippen molar-refractivity contribution < 1.29 is 4.39 Å². The van der Waals surface area contributed by atoms with Gasteiger partial charge in [0.2, 0.25) is 5.95 Å². The number of hydrogen-bond donors (Lipinski definition) is 1. The van der Waals surface area contributed by atoms with Crippen LogP contribution in [0.1, 0.15) is 46.0 Å². The topological polar surface area (TPSA) is 37.8 Å². The molecule has 1 heterocycles. The van der Waals surface area contributed by atoms with Crippen LogP contribution in [0.5, 0.6) is 0 Å². The molecule has 0 bridgehead atoms. The second-order valence-electron chi connectivity index (χ2n) is 5.88. The molecule has 4 heteroatoms. The fourth-order valence-electron chi connectivity index (χ4n) is 3.15. The third-order valence-electron chi connectivity index (χ3n) is 3.78. The normalized spacial score (nSPS) is 18.2. The quantitative estimate of drug-likeness (QED) is 0.812. The third-order valence-corrected chi connectivity index (χ3v) is 3.78. The van der Waals surface area contributed by atoms with Crippen molar-refractivity contribution >= 4 is 5.82 Å². The minimum absolute atomic E-state index is 0.371. The van der Waals surface area contributed by atoms with Gasteiger partial charge in [-0.25, -0.2) is 9.97 Å². The molecule has 0 aliphatic heterocycles. The van der Waals surface area contributed by atoms with Gasteiger partial charge in [-0.1, -0.05) is 26.7 Å². The van der Waals surface area contributed by atoms with Crippen molar-refractivity contribution in [1.29, 1.82) is 0 Å². The third kappa shape index (κ3) is 3.40. The van der Waals surface area contributed by atoms with Crippen LogP contribution in [-0.2, 0) is 0 Å². The van der Waals surface area contributed by atoms with Crippen LogP contribution in [0.15, 0.2) is 12.4 Å². The summed E-state index contributed by atoms with van der Waals surface area (Å²) in [6.45, 7) is 5.43. The number of aromatic nitrogens is 2. The van der Waals surface area contributed by atoms with E-state index in [-0.39, 0.29) is 0 Å². The maximum Gasteiger partial charge on any atom is 0.217 e. The average Bonchev–Trinajstić information content (AvgIpc) is 2.75. The van der Waals surface area contributed by atoms with Crippen LogP contribution in [0.2, 0.25) is 0 Å². The Labute approximate surface area is 108 Å². The summed E-state index contributed by atoms with van der Waals surface area (Å²) in [7, 11) is 0. The summed E-state index contributed by atoms with van der Waals surface area (Å²) in [5.74, 6) is 0.821. The molecule has 1 fully saturated rings. The standard InChI is InChI=1S/C14H22FN3/c1-11(2)8-14(5-3-4-6-14)9-16-13-7-12(15)17-10-18-13/h7,10-11H,3-6,8-9H2,1-2H3,(H,16,17,18). The van der Waals surface area contributed by atoms with Crippen LogP contribution >= 0.6 is 0 Å². The van der Waals surface area contributed by atoms with E-state index in [1.807, 2.05) is 0 Å². The Morgan fingerprint density at radius 3 is 2.67 bits per heavy atom. The number of anilines is 1. The summed E-state index contributed by atoms with van der Waals surface area (Å²) >= 11 is 0. The van der Waals surface area contributed by atoms with Crippen molar-refractivity contribution in [3.05, 3.63) is 18.3 Å². The number of nitrogens with one attached hydrogen (secondary N) is 1. The van der Waals surface area contributed by atoms with E-state index in [0.717, 1.165) is 6.54 Å². The SMILES string of the molecule is CC(C)CC1(CNc2cc(F)ncn2)CCCC1. The van der Waals surface area contributed by atoms with Gasteiger partial charge in [-0.2, -0.15) is 4.39 Å². The number of rotatable bonds is 5. The molecule has 1 aromatic heterocycles. The summed E-state index contributed by atoms with van der Waals surface area (Å²) in [6.07, 6.45) is 7.66. The molecule has 18 heavy (non-hydrogen) atoms. The van der Waals surface area contributed by atoms with Crippen LogP contribution in [0, 0.1) is 17.3 Å². The summed E-state index contributed by atoms with van der Waals surface area (Å²) in [4.78, 5) is 7.52. The van der Waals surface area contributed by atoms with Crippen LogP contribution in [0.4, 0.5) is 10.2 Å². The van der Waals surface area contributed by atoms with Crippen molar-refractivity contribution in [2.75, 3.05) is 11.9 Å². The Morgan fingerprint density at radius 1 is 1.33 bits per heavy atom. The summed E-state index contributed by atoms with van der Waals surface area (Å²) in [5, 5.41) is 3.28. The summed E-state index contributed by atoms with van der Waals surface area (Å²) in [6, 6.07) is 1.36. The first-order valence-corrected chi connectivity index (χ1v) is 6.81. The molecule has 3 nitrogen and oxygen atoms in total. The van der Waals surface area contributed by atoms with E-state index in [2.05, 4.69) is 29.1 Å². The predicted molar refractivity (Wildman–Crippen MR) is 70.8 cm³/mol. The van der Waals surface area contributed by atoms with Gasteiger partial charge in [0, 0.05) is 12.6 Å². The average molecular weight is 251 g/mol. The van der Waals surface area contributed by atoms with Gasteiger partial charge in [-0.15, -0.1) is 0 Å². The predicted octanol–water partition coefficient (Wildman–Crippen LogP) is 3.63. The van der Waals surface area contributed by atoms with E-state index >= 15 is 0 Å². The summed E-state index contributed by atoms with van der Waals surface area (Å²) in [5.41, 5.74) is 0.371. The highest BCUT2D eigenvalue weighted by Gasteiger charge is 2.34. The van der Waals surface area contributed by atoms with Gasteiger partial charge in [0.05, 0.1) is 0 Å². The lowest BCUT2D eigenvalue weighted by Crippen LogP contribution is -2.28. The Kier molecular flexibility index (Phi) is 4.15. The van der Waals surface area contributed by atoms with E-state index in [9.17, 15) is 4.39 Å². The molecule has 0 amide bonds. The zero-order valence-corrected chi connectivity index (χ0v) is 11.2. The molecule has 0 unspecified atom stereocenters. The first-order valence-electron chi connectivity index (χ1n) is 6.81. The highest BCUT2D eigenvalue weighted by molar-refractivity contribution is 5.32. The molecular formula is C14H22FN3. The lowest BCUT2D eigenvalue weighted by atomic mass is 9.78. The first-order chi connectivity index (χ1) is 8.60. The molecule has 0 radical (unpaired) electrons. The molecule has 0 atom stereocenters. The Hall–Kier alpha value is -1.19. The van der Waals surface area contributed by atoms with Crippen molar-refractivity contribution in [2.45, 2.75) is 46.0 Å². The van der Waals surface area contributed by atoms with Crippen LogP contribution < -0.4 is 5.32 Å². The molecular weight excluding hydrogens is 229 g/mol. The largest absolute Gasteiger partial charge is 0.369 e. The maximum absolute atomic E-state index is 13.0. The van der Waals surface area contributed by atoms with Gasteiger partial charge >= 0.3 is 0 Å². The maximum atomic E-state index is 13.0. The minimum atomic E-state index is -0.475. The minimum Gasteiger partial charge on any atom is -0.369 e. The van der Waals surface area contributed by atoms with Gasteiger partial charge in [0.1, 0.15) is 12.1 Å². The van der Waals surface area contributed by atoms with Gasteiger partial charge < -0.3 is 5.32 Å². The van der Waals surface area contributed by atoms with Crippen molar-refractivity contribution in [2.24, 2.45) is 11.3 Å². The fraction of sp³-hybridized carbons (Fsp3) is 0.714. The van der Waals surface area contributed by atoms with Crippen LogP contribution in [-0.4, -0.2) is 16.5 Å². The Morgan fingerprint density at radius 2 is 2.06 bits per heavy atom. The van der Waals surface area contributed by atoms with Gasteiger partial charge in [-0.05, 0) is 30.6 Å². The molecule has 1 saturated carbocycles. The second kappa shape index (κ2) is 5.63. The van der Waals surface area contributed by atoms with Crippen molar-refractivity contribution in [1.82, 2.24) is 9.97 Å². The number of nitrogens with zero attached hydrogens (tertiary/aromatic N) is 2. The molecule has 0 aromatic carbocycles. The summed E-state index contributed by atoms with van der Waals surface area (Å²) < 4.78 is 13.0.